The van der Waals surface area contributed by atoms with E-state index in [0.717, 1.165) is 12.8 Å². The highest BCUT2D eigenvalue weighted by molar-refractivity contribution is 6.33. The number of nitrogens with zero attached hydrogens (tertiary/aromatic N) is 1. The van der Waals surface area contributed by atoms with Crippen molar-refractivity contribution < 1.29 is 9.53 Å². The fourth-order valence-corrected chi connectivity index (χ4v) is 2.00. The van der Waals surface area contributed by atoms with Crippen molar-refractivity contribution in [3.8, 4) is 0 Å². The molecule has 0 bridgehead atoms. The normalized spacial score (nSPS) is 16.3. The zero-order chi connectivity index (χ0) is 13.0. The quantitative estimate of drug-likeness (QED) is 0.562. The summed E-state index contributed by atoms with van der Waals surface area (Å²) in [6.07, 6.45) is 3.10. The van der Waals surface area contributed by atoms with Gasteiger partial charge < -0.3 is 15.5 Å². The number of pyridine rings is 1. The van der Waals surface area contributed by atoms with Gasteiger partial charge in [-0.25, -0.2) is 10.8 Å². The van der Waals surface area contributed by atoms with Gasteiger partial charge in [-0.2, -0.15) is 0 Å². The third kappa shape index (κ3) is 3.10. The van der Waals surface area contributed by atoms with Crippen molar-refractivity contribution in [2.24, 2.45) is 5.84 Å². The molecular weight excluding hydrogens is 256 g/mol. The molecule has 7 heteroatoms. The topological polar surface area (TPSA) is 89.3 Å². The average Bonchev–Trinajstić information content (AvgIpc) is 2.39. The van der Waals surface area contributed by atoms with Gasteiger partial charge in [-0.3, -0.25) is 4.79 Å². The maximum atomic E-state index is 12.0. The number of carbonyl (C=O) groups is 1. The van der Waals surface area contributed by atoms with Crippen LogP contribution in [0.25, 0.3) is 0 Å². The molecule has 98 valence electrons. The molecular formula is C11H15ClN4O2. The minimum Gasteiger partial charge on any atom is -0.381 e. The van der Waals surface area contributed by atoms with Crippen LogP contribution in [-0.4, -0.2) is 30.1 Å². The molecule has 1 aliphatic heterocycles. The lowest BCUT2D eigenvalue weighted by molar-refractivity contribution is 0.0696. The number of ether oxygens (including phenoxy) is 1. The van der Waals surface area contributed by atoms with Crippen molar-refractivity contribution in [3.05, 3.63) is 22.8 Å². The number of rotatable bonds is 3. The lowest BCUT2D eigenvalue weighted by Gasteiger charge is -2.23. The van der Waals surface area contributed by atoms with E-state index in [4.69, 9.17) is 22.2 Å². The smallest absolute Gasteiger partial charge is 0.253 e. The van der Waals surface area contributed by atoms with Gasteiger partial charge in [0.15, 0.2) is 5.82 Å². The van der Waals surface area contributed by atoms with Gasteiger partial charge in [0, 0.05) is 25.5 Å². The van der Waals surface area contributed by atoms with Crippen molar-refractivity contribution in [3.63, 3.8) is 0 Å². The van der Waals surface area contributed by atoms with Gasteiger partial charge >= 0.3 is 0 Å². The highest BCUT2D eigenvalue weighted by atomic mass is 35.5. The predicted octanol–water partition coefficient (Wildman–Crippen LogP) is 0.929. The first-order valence-electron chi connectivity index (χ1n) is 5.71. The number of amides is 1. The van der Waals surface area contributed by atoms with Gasteiger partial charge in [-0.15, -0.1) is 0 Å². The van der Waals surface area contributed by atoms with E-state index in [9.17, 15) is 4.79 Å². The molecule has 0 spiro atoms. The highest BCUT2D eigenvalue weighted by Crippen LogP contribution is 2.19. The van der Waals surface area contributed by atoms with E-state index in [1.807, 2.05) is 0 Å². The number of carbonyl (C=O) groups excluding carboxylic acids is 1. The van der Waals surface area contributed by atoms with Crippen molar-refractivity contribution in [1.29, 1.82) is 0 Å². The first-order chi connectivity index (χ1) is 8.70. The number of nitrogens with two attached hydrogens (primary N) is 1. The summed E-state index contributed by atoms with van der Waals surface area (Å²) in [5.74, 6) is 5.38. The maximum absolute atomic E-state index is 12.0. The Morgan fingerprint density at radius 2 is 2.22 bits per heavy atom. The fourth-order valence-electron chi connectivity index (χ4n) is 1.78. The van der Waals surface area contributed by atoms with Crippen LogP contribution in [0.15, 0.2) is 12.3 Å². The highest BCUT2D eigenvalue weighted by Gasteiger charge is 2.17. The second-order valence-electron chi connectivity index (χ2n) is 4.06. The van der Waals surface area contributed by atoms with Crippen molar-refractivity contribution >= 4 is 23.3 Å². The number of nitrogen functional groups attached to an aromatic ring is 1. The summed E-state index contributed by atoms with van der Waals surface area (Å²) >= 11 is 5.91. The van der Waals surface area contributed by atoms with Crippen molar-refractivity contribution in [2.45, 2.75) is 18.9 Å². The van der Waals surface area contributed by atoms with Gasteiger partial charge in [0.1, 0.15) is 0 Å². The molecule has 0 radical (unpaired) electrons. The summed E-state index contributed by atoms with van der Waals surface area (Å²) < 4.78 is 5.23. The second-order valence-corrected chi connectivity index (χ2v) is 4.47. The average molecular weight is 271 g/mol. The number of aromatic nitrogens is 1. The Morgan fingerprint density at radius 1 is 1.50 bits per heavy atom. The molecule has 1 aromatic heterocycles. The summed E-state index contributed by atoms with van der Waals surface area (Å²) in [4.78, 5) is 15.9. The third-order valence-corrected chi connectivity index (χ3v) is 3.08. The number of anilines is 1. The van der Waals surface area contributed by atoms with Crippen LogP contribution < -0.4 is 16.6 Å². The van der Waals surface area contributed by atoms with Crippen LogP contribution in [0.3, 0.4) is 0 Å². The van der Waals surface area contributed by atoms with Crippen LogP contribution in [-0.2, 0) is 4.74 Å². The van der Waals surface area contributed by atoms with Gasteiger partial charge in [-0.05, 0) is 18.9 Å². The zero-order valence-corrected chi connectivity index (χ0v) is 10.5. The predicted molar refractivity (Wildman–Crippen MR) is 68.4 cm³/mol. The summed E-state index contributed by atoms with van der Waals surface area (Å²) in [6, 6.07) is 1.69. The molecule has 1 saturated heterocycles. The molecule has 2 heterocycles. The summed E-state index contributed by atoms with van der Waals surface area (Å²) in [6.45, 7) is 1.36. The number of hydrogen-bond donors (Lipinski definition) is 3. The van der Waals surface area contributed by atoms with E-state index >= 15 is 0 Å². The van der Waals surface area contributed by atoms with Crippen molar-refractivity contribution in [2.75, 3.05) is 18.6 Å². The standard InChI is InChI=1S/C11H15ClN4O2/c12-9-5-7(6-14-10(9)16-13)11(17)15-8-1-3-18-4-2-8/h5-6,8H,1-4,13H2,(H,14,16)(H,15,17). The molecule has 4 N–H and O–H groups in total. The zero-order valence-electron chi connectivity index (χ0n) is 9.78. The molecule has 2 rings (SSSR count). The Bertz CT molecular complexity index is 435. The molecule has 0 atom stereocenters. The second kappa shape index (κ2) is 5.99. The van der Waals surface area contributed by atoms with Crippen LogP contribution in [0.5, 0.6) is 0 Å². The summed E-state index contributed by atoms with van der Waals surface area (Å²) in [7, 11) is 0. The monoisotopic (exact) mass is 270 g/mol. The lowest BCUT2D eigenvalue weighted by Crippen LogP contribution is -2.38. The number of halogens is 1. The van der Waals surface area contributed by atoms with E-state index < -0.39 is 0 Å². The third-order valence-electron chi connectivity index (χ3n) is 2.80. The molecule has 1 aliphatic rings. The van der Waals surface area contributed by atoms with E-state index in [-0.39, 0.29) is 11.9 Å². The SMILES string of the molecule is NNc1ncc(C(=O)NC2CCOCC2)cc1Cl. The Labute approximate surface area is 110 Å². The molecule has 18 heavy (non-hydrogen) atoms. The van der Waals surface area contributed by atoms with Crippen LogP contribution in [0.2, 0.25) is 5.02 Å². The van der Waals surface area contributed by atoms with E-state index in [2.05, 4.69) is 15.7 Å². The van der Waals surface area contributed by atoms with Crippen molar-refractivity contribution in [1.82, 2.24) is 10.3 Å². The first kappa shape index (κ1) is 13.1. The molecule has 0 aromatic carbocycles. The number of nitrogens with one attached hydrogen (secondary N) is 2. The van der Waals surface area contributed by atoms with Gasteiger partial charge in [0.05, 0.1) is 10.6 Å². The van der Waals surface area contributed by atoms with Crippen LogP contribution in [0, 0.1) is 0 Å². The molecule has 0 saturated carbocycles. The molecule has 1 aromatic rings. The first-order valence-corrected chi connectivity index (χ1v) is 6.09. The Kier molecular flexibility index (Phi) is 4.35. The van der Waals surface area contributed by atoms with E-state index in [1.165, 1.54) is 6.20 Å². The van der Waals surface area contributed by atoms with Gasteiger partial charge in [0.2, 0.25) is 0 Å². The molecule has 0 unspecified atom stereocenters. The van der Waals surface area contributed by atoms with Crippen LogP contribution >= 0.6 is 11.6 Å². The summed E-state index contributed by atoms with van der Waals surface area (Å²) in [5.41, 5.74) is 2.77. The van der Waals surface area contributed by atoms with Gasteiger partial charge in [-0.1, -0.05) is 11.6 Å². The summed E-state index contributed by atoms with van der Waals surface area (Å²) in [5, 5.41) is 3.25. The number of hydrogen-bond acceptors (Lipinski definition) is 5. The minimum atomic E-state index is -0.181. The Morgan fingerprint density at radius 3 is 2.83 bits per heavy atom. The Balaban J connectivity index is 2.01. The fraction of sp³-hybridized carbons (Fsp3) is 0.455. The molecule has 6 nitrogen and oxygen atoms in total. The number of hydrazine groups is 1. The minimum absolute atomic E-state index is 0.150. The van der Waals surface area contributed by atoms with Gasteiger partial charge in [0.25, 0.3) is 5.91 Å². The van der Waals surface area contributed by atoms with E-state index in [1.54, 1.807) is 6.07 Å². The van der Waals surface area contributed by atoms with E-state index in [0.29, 0.717) is 29.6 Å². The molecule has 1 fully saturated rings. The largest absolute Gasteiger partial charge is 0.381 e. The lowest BCUT2D eigenvalue weighted by atomic mass is 10.1. The van der Waals surface area contributed by atoms with Crippen LogP contribution in [0.1, 0.15) is 23.2 Å². The Hall–Kier alpha value is -1.37. The molecule has 1 amide bonds. The molecule has 0 aliphatic carbocycles. The van der Waals surface area contributed by atoms with Crippen LogP contribution in [0.4, 0.5) is 5.82 Å². The maximum Gasteiger partial charge on any atom is 0.253 e.